The molecule has 0 bridgehead atoms. The molecule has 0 aliphatic carbocycles. The topological polar surface area (TPSA) is 126 Å². The van der Waals surface area contributed by atoms with Crippen LogP contribution in [-0.2, 0) is 16.1 Å². The van der Waals surface area contributed by atoms with Gasteiger partial charge in [-0.15, -0.1) is 5.10 Å². The average molecular weight is 401 g/mol. The number of carbonyl (C=O) groups is 2. The Morgan fingerprint density at radius 2 is 1.93 bits per heavy atom. The fraction of sp³-hybridized carbons (Fsp3) is 0.263. The molecule has 10 heteroatoms. The van der Waals surface area contributed by atoms with Crippen LogP contribution in [0.1, 0.15) is 33.7 Å². The Kier molecular flexibility index (Phi) is 6.12. The first kappa shape index (κ1) is 19.9. The molecule has 0 radical (unpaired) electrons. The third-order valence-corrected chi connectivity index (χ3v) is 3.88. The number of nitrogens with zero attached hydrogens (tertiary/aromatic N) is 2. The lowest BCUT2D eigenvalue weighted by Crippen LogP contribution is -2.07. The van der Waals surface area contributed by atoms with E-state index in [2.05, 4.69) is 20.1 Å². The van der Waals surface area contributed by atoms with Gasteiger partial charge < -0.3 is 23.4 Å². The van der Waals surface area contributed by atoms with Gasteiger partial charge in [0.2, 0.25) is 5.76 Å². The summed E-state index contributed by atoms with van der Waals surface area (Å²) in [6.45, 7) is 1.90. The van der Waals surface area contributed by atoms with E-state index in [0.717, 1.165) is 0 Å². The zero-order valence-corrected chi connectivity index (χ0v) is 16.1. The summed E-state index contributed by atoms with van der Waals surface area (Å²) in [5, 5.41) is 10.4. The Morgan fingerprint density at radius 1 is 1.10 bits per heavy atom. The van der Waals surface area contributed by atoms with E-state index in [-0.39, 0.29) is 30.4 Å². The van der Waals surface area contributed by atoms with Gasteiger partial charge in [0, 0.05) is 0 Å². The Labute approximate surface area is 165 Å². The predicted octanol–water partition coefficient (Wildman–Crippen LogP) is 2.62. The molecule has 1 N–H and O–H groups in total. The number of methoxy groups -OCH3 is 2. The van der Waals surface area contributed by atoms with Gasteiger partial charge in [0.15, 0.2) is 17.2 Å². The van der Waals surface area contributed by atoms with Crippen molar-refractivity contribution in [2.45, 2.75) is 13.5 Å². The number of furan rings is 1. The maximum absolute atomic E-state index is 12.2. The van der Waals surface area contributed by atoms with Crippen molar-refractivity contribution in [3.8, 4) is 22.8 Å². The summed E-state index contributed by atoms with van der Waals surface area (Å²) in [4.78, 5) is 23.7. The summed E-state index contributed by atoms with van der Waals surface area (Å²) in [5.41, 5.74) is 0.754. The van der Waals surface area contributed by atoms with E-state index in [1.54, 1.807) is 31.2 Å². The molecule has 0 aliphatic rings. The Hall–Kier alpha value is -3.82. The van der Waals surface area contributed by atoms with Crippen LogP contribution < -0.4 is 9.47 Å². The maximum atomic E-state index is 12.2. The molecule has 0 amide bonds. The van der Waals surface area contributed by atoms with Gasteiger partial charge in [-0.2, -0.15) is 10.3 Å². The minimum atomic E-state index is -0.612. The molecule has 2 aromatic heterocycles. The highest BCUT2D eigenvalue weighted by Gasteiger charge is 2.24. The van der Waals surface area contributed by atoms with Crippen LogP contribution in [0, 0.1) is 0 Å². The summed E-state index contributed by atoms with van der Waals surface area (Å²) in [7, 11) is 2.75. The monoisotopic (exact) mass is 401 g/mol. The van der Waals surface area contributed by atoms with Crippen molar-refractivity contribution in [2.24, 2.45) is 0 Å². The summed E-state index contributed by atoms with van der Waals surface area (Å²) in [5.74, 6) is 0.000627. The highest BCUT2D eigenvalue weighted by molar-refractivity contribution is 5.95. The lowest BCUT2D eigenvalue weighted by Gasteiger charge is -2.13. The minimum Gasteiger partial charge on any atom is -0.493 e. The van der Waals surface area contributed by atoms with Crippen molar-refractivity contribution in [3.05, 3.63) is 47.5 Å². The van der Waals surface area contributed by atoms with E-state index in [4.69, 9.17) is 18.6 Å². The van der Waals surface area contributed by atoms with E-state index >= 15 is 0 Å². The highest BCUT2D eigenvalue weighted by atomic mass is 16.5. The molecule has 2 heterocycles. The fourth-order valence-corrected chi connectivity index (χ4v) is 2.58. The van der Waals surface area contributed by atoms with Gasteiger partial charge in [-0.05, 0) is 31.2 Å². The first-order valence-electron chi connectivity index (χ1n) is 8.64. The lowest BCUT2D eigenvalue weighted by atomic mass is 10.1. The van der Waals surface area contributed by atoms with E-state index in [9.17, 15) is 9.59 Å². The molecule has 3 rings (SSSR count). The van der Waals surface area contributed by atoms with E-state index in [1.165, 1.54) is 20.3 Å². The van der Waals surface area contributed by atoms with Gasteiger partial charge in [-0.1, -0.05) is 6.07 Å². The molecule has 29 heavy (non-hydrogen) atoms. The van der Waals surface area contributed by atoms with Crippen LogP contribution in [0.5, 0.6) is 11.5 Å². The van der Waals surface area contributed by atoms with Crippen molar-refractivity contribution in [1.29, 1.82) is 0 Å². The summed E-state index contributed by atoms with van der Waals surface area (Å²) in [6.07, 6.45) is 0. The molecule has 0 saturated carbocycles. The smallest absolute Gasteiger partial charge is 0.373 e. The predicted molar refractivity (Wildman–Crippen MR) is 98.7 cm³/mol. The number of nitrogens with one attached hydrogen (secondary N) is 1. The summed E-state index contributed by atoms with van der Waals surface area (Å²) < 4.78 is 26.3. The van der Waals surface area contributed by atoms with Crippen LogP contribution >= 0.6 is 0 Å². The van der Waals surface area contributed by atoms with E-state index < -0.39 is 11.9 Å². The number of H-pyrrole nitrogens is 1. The number of carbonyl (C=O) groups excluding carboxylic acids is 2. The molecule has 0 atom stereocenters. The van der Waals surface area contributed by atoms with E-state index in [1.807, 2.05) is 0 Å². The van der Waals surface area contributed by atoms with Gasteiger partial charge in [0.05, 0.1) is 26.4 Å². The maximum Gasteiger partial charge on any atom is 0.373 e. The number of esters is 2. The van der Waals surface area contributed by atoms with Gasteiger partial charge >= 0.3 is 11.9 Å². The number of benzene rings is 1. The molecular formula is C19H19N3O7. The Morgan fingerprint density at radius 3 is 2.66 bits per heavy atom. The van der Waals surface area contributed by atoms with Gasteiger partial charge in [-0.3, -0.25) is 0 Å². The third kappa shape index (κ3) is 4.21. The minimum absolute atomic E-state index is 0.00302. The molecule has 0 saturated heterocycles. The standard InChI is InChI=1S/C19H19N3O7/c1-4-27-19(24)16-15(20-22-21-16)12-6-5-7-13(25-2)17(12)28-10-11-8-9-14(29-11)18(23)26-3/h5-9H,4,10H2,1-3H3,(H,20,21,22). The molecule has 3 aromatic rings. The number of hydrogen-bond acceptors (Lipinski definition) is 9. The first-order valence-corrected chi connectivity index (χ1v) is 8.64. The number of aromatic nitrogens is 3. The summed E-state index contributed by atoms with van der Waals surface area (Å²) >= 11 is 0. The normalized spacial score (nSPS) is 10.4. The second-order valence-electron chi connectivity index (χ2n) is 5.62. The fourth-order valence-electron chi connectivity index (χ4n) is 2.58. The first-order chi connectivity index (χ1) is 14.1. The number of para-hydroxylation sites is 1. The van der Waals surface area contributed by atoms with Gasteiger partial charge in [0.1, 0.15) is 18.1 Å². The lowest BCUT2D eigenvalue weighted by molar-refractivity contribution is 0.0518. The van der Waals surface area contributed by atoms with E-state index in [0.29, 0.717) is 22.8 Å². The zero-order valence-electron chi connectivity index (χ0n) is 16.1. The molecule has 0 aliphatic heterocycles. The molecule has 0 fully saturated rings. The van der Waals surface area contributed by atoms with Crippen molar-refractivity contribution in [3.63, 3.8) is 0 Å². The molecule has 152 valence electrons. The Bertz CT molecular complexity index is 1010. The van der Waals surface area contributed by atoms with Crippen molar-refractivity contribution < 1.29 is 33.0 Å². The van der Waals surface area contributed by atoms with Crippen LogP contribution in [0.15, 0.2) is 34.7 Å². The highest BCUT2D eigenvalue weighted by Crippen LogP contribution is 2.38. The van der Waals surface area contributed by atoms with Crippen LogP contribution in [0.3, 0.4) is 0 Å². The van der Waals surface area contributed by atoms with Crippen molar-refractivity contribution in [2.75, 3.05) is 20.8 Å². The number of rotatable bonds is 8. The van der Waals surface area contributed by atoms with Crippen LogP contribution in [0.25, 0.3) is 11.3 Å². The second-order valence-corrected chi connectivity index (χ2v) is 5.62. The number of hydrogen-bond donors (Lipinski definition) is 1. The van der Waals surface area contributed by atoms with Crippen molar-refractivity contribution >= 4 is 11.9 Å². The molecule has 1 aromatic carbocycles. The second kappa shape index (κ2) is 8.91. The van der Waals surface area contributed by atoms with Gasteiger partial charge in [0.25, 0.3) is 0 Å². The van der Waals surface area contributed by atoms with Crippen LogP contribution in [0.2, 0.25) is 0 Å². The zero-order chi connectivity index (χ0) is 20.8. The largest absolute Gasteiger partial charge is 0.493 e. The molecule has 0 unspecified atom stereocenters. The van der Waals surface area contributed by atoms with Gasteiger partial charge in [-0.25, -0.2) is 9.59 Å². The quantitative estimate of drug-likeness (QED) is 0.567. The SMILES string of the molecule is CCOC(=O)c1n[nH]nc1-c1cccc(OC)c1OCc1ccc(C(=O)OC)o1. The number of aromatic amines is 1. The summed E-state index contributed by atoms with van der Waals surface area (Å²) in [6, 6.07) is 8.23. The average Bonchev–Trinajstić information content (AvgIpc) is 3.41. The molecule has 10 nitrogen and oxygen atoms in total. The van der Waals surface area contributed by atoms with Crippen molar-refractivity contribution in [1.82, 2.24) is 15.4 Å². The Balaban J connectivity index is 1.92. The third-order valence-electron chi connectivity index (χ3n) is 3.88. The van der Waals surface area contributed by atoms with Crippen LogP contribution in [0.4, 0.5) is 0 Å². The van der Waals surface area contributed by atoms with Crippen LogP contribution in [-0.4, -0.2) is 48.2 Å². The number of ether oxygens (including phenoxy) is 4. The molecular weight excluding hydrogens is 382 g/mol. The molecule has 0 spiro atoms.